The SMILES string of the molecule is CCC(C1=C2CCC3(CC2CCC1C(C)CCC(C)O)OCC(C)(C)CO3)c1ccc(O)cc1. The van der Waals surface area contributed by atoms with E-state index in [0.29, 0.717) is 29.4 Å². The molecule has 5 unspecified atom stereocenters. The number of allylic oxidation sites excluding steroid dienone is 2. The van der Waals surface area contributed by atoms with Gasteiger partial charge in [0.1, 0.15) is 5.75 Å². The largest absolute Gasteiger partial charge is 0.508 e. The van der Waals surface area contributed by atoms with Gasteiger partial charge in [-0.1, -0.05) is 51.0 Å². The second kappa shape index (κ2) is 10.3. The molecule has 1 heterocycles. The Morgan fingerprint density at radius 3 is 2.32 bits per heavy atom. The van der Waals surface area contributed by atoms with Crippen molar-refractivity contribution in [1.29, 1.82) is 0 Å². The number of phenols is 1. The highest BCUT2D eigenvalue weighted by Crippen LogP contribution is 2.54. The maximum absolute atomic E-state index is 9.93. The lowest BCUT2D eigenvalue weighted by Crippen LogP contribution is -2.51. The Morgan fingerprint density at radius 1 is 1.03 bits per heavy atom. The van der Waals surface area contributed by atoms with E-state index in [1.807, 2.05) is 19.1 Å². The first kappa shape index (κ1) is 25.7. The number of aromatic hydroxyl groups is 1. The van der Waals surface area contributed by atoms with Crippen molar-refractivity contribution in [2.24, 2.45) is 23.2 Å². The standard InChI is InChI=1S/C30H46O4/c1-6-25(22-9-12-24(32)13-10-22)28-26(20(2)7-8-21(3)31)14-11-23-17-30(16-15-27(23)28)33-18-29(4,5)19-34-30/h9-10,12-13,20-21,23,25-26,31-32H,6-8,11,14-19H2,1-5H3. The predicted molar refractivity (Wildman–Crippen MR) is 137 cm³/mol. The van der Waals surface area contributed by atoms with Gasteiger partial charge in [-0.15, -0.1) is 0 Å². The number of hydrogen-bond donors (Lipinski definition) is 2. The Balaban J connectivity index is 1.66. The number of benzene rings is 1. The Morgan fingerprint density at radius 2 is 1.71 bits per heavy atom. The highest BCUT2D eigenvalue weighted by Gasteiger charge is 2.48. The third-order valence-electron chi connectivity index (χ3n) is 8.68. The molecule has 3 aliphatic rings. The van der Waals surface area contributed by atoms with E-state index in [-0.39, 0.29) is 11.5 Å². The number of rotatable bonds is 7. The molecular weight excluding hydrogens is 424 g/mol. The summed E-state index contributed by atoms with van der Waals surface area (Å²) < 4.78 is 12.9. The van der Waals surface area contributed by atoms with Crippen LogP contribution < -0.4 is 0 Å². The van der Waals surface area contributed by atoms with Crippen molar-refractivity contribution in [3.05, 3.63) is 41.0 Å². The fourth-order valence-electron chi connectivity index (χ4n) is 6.68. The lowest BCUT2D eigenvalue weighted by Gasteiger charge is -2.51. The van der Waals surface area contributed by atoms with Crippen LogP contribution in [0, 0.1) is 23.2 Å². The third-order valence-corrected chi connectivity index (χ3v) is 8.68. The quantitative estimate of drug-likeness (QED) is 0.423. The van der Waals surface area contributed by atoms with E-state index in [2.05, 4.69) is 39.8 Å². The number of aliphatic hydroxyl groups is 1. The van der Waals surface area contributed by atoms with Gasteiger partial charge in [0.2, 0.25) is 0 Å². The Hall–Kier alpha value is -1.36. The summed E-state index contributed by atoms with van der Waals surface area (Å²) in [5.74, 6) is 1.91. The first-order chi connectivity index (χ1) is 16.1. The highest BCUT2D eigenvalue weighted by atomic mass is 16.7. The molecule has 0 radical (unpaired) electrons. The molecule has 4 heteroatoms. The zero-order valence-corrected chi connectivity index (χ0v) is 22.0. The van der Waals surface area contributed by atoms with E-state index >= 15 is 0 Å². The van der Waals surface area contributed by atoms with Crippen LogP contribution in [-0.4, -0.2) is 35.3 Å². The smallest absolute Gasteiger partial charge is 0.169 e. The summed E-state index contributed by atoms with van der Waals surface area (Å²) >= 11 is 0. The van der Waals surface area contributed by atoms with E-state index in [4.69, 9.17) is 9.47 Å². The van der Waals surface area contributed by atoms with Crippen LogP contribution in [0.2, 0.25) is 0 Å². The fourth-order valence-corrected chi connectivity index (χ4v) is 6.68. The van der Waals surface area contributed by atoms with Crippen molar-refractivity contribution < 1.29 is 19.7 Å². The minimum absolute atomic E-state index is 0.0929. The van der Waals surface area contributed by atoms with E-state index in [9.17, 15) is 10.2 Å². The molecule has 1 saturated carbocycles. The molecule has 4 rings (SSSR count). The van der Waals surface area contributed by atoms with Crippen LogP contribution in [0.3, 0.4) is 0 Å². The fraction of sp³-hybridized carbons (Fsp3) is 0.733. The zero-order chi connectivity index (χ0) is 24.5. The first-order valence-electron chi connectivity index (χ1n) is 13.6. The molecule has 1 aromatic carbocycles. The average Bonchev–Trinajstić information content (AvgIpc) is 2.81. The number of aliphatic hydroxyl groups excluding tert-OH is 1. The number of fused-ring (bicyclic) bond motifs is 1. The molecule has 4 nitrogen and oxygen atoms in total. The molecule has 1 aliphatic heterocycles. The van der Waals surface area contributed by atoms with Gasteiger partial charge in [-0.2, -0.15) is 0 Å². The summed E-state index contributed by atoms with van der Waals surface area (Å²) in [6, 6.07) is 7.88. The van der Waals surface area contributed by atoms with Crippen LogP contribution in [0.25, 0.3) is 0 Å². The maximum atomic E-state index is 9.93. The normalized spacial score (nSPS) is 28.9. The Labute approximate surface area is 206 Å². The van der Waals surface area contributed by atoms with Crippen molar-refractivity contribution in [3.8, 4) is 5.75 Å². The molecule has 0 bridgehead atoms. The van der Waals surface area contributed by atoms with E-state index in [1.165, 1.54) is 18.4 Å². The van der Waals surface area contributed by atoms with Gasteiger partial charge >= 0.3 is 0 Å². The van der Waals surface area contributed by atoms with Gasteiger partial charge in [-0.3, -0.25) is 0 Å². The van der Waals surface area contributed by atoms with Crippen molar-refractivity contribution in [2.75, 3.05) is 13.2 Å². The molecule has 190 valence electrons. The van der Waals surface area contributed by atoms with Crippen molar-refractivity contribution >= 4 is 0 Å². The molecule has 0 amide bonds. The molecule has 2 N–H and O–H groups in total. The molecule has 1 spiro atoms. The van der Waals surface area contributed by atoms with Crippen LogP contribution in [0.15, 0.2) is 35.4 Å². The van der Waals surface area contributed by atoms with Crippen LogP contribution >= 0.6 is 0 Å². The lowest BCUT2D eigenvalue weighted by atomic mass is 9.62. The van der Waals surface area contributed by atoms with Crippen LogP contribution in [0.1, 0.15) is 97.5 Å². The summed E-state index contributed by atoms with van der Waals surface area (Å²) in [5, 5.41) is 19.8. The molecule has 2 aliphatic carbocycles. The molecule has 1 aromatic rings. The lowest BCUT2D eigenvalue weighted by molar-refractivity contribution is -0.312. The van der Waals surface area contributed by atoms with Crippen molar-refractivity contribution in [2.45, 2.75) is 104 Å². The highest BCUT2D eigenvalue weighted by molar-refractivity contribution is 5.39. The van der Waals surface area contributed by atoms with Gasteiger partial charge in [0.25, 0.3) is 0 Å². The number of phenolic OH excluding ortho intramolecular Hbond substituents is 1. The van der Waals surface area contributed by atoms with Crippen molar-refractivity contribution in [1.82, 2.24) is 0 Å². The van der Waals surface area contributed by atoms with Crippen LogP contribution in [-0.2, 0) is 9.47 Å². The van der Waals surface area contributed by atoms with Gasteiger partial charge in [0, 0.05) is 24.2 Å². The van der Waals surface area contributed by atoms with E-state index < -0.39 is 5.79 Å². The van der Waals surface area contributed by atoms with Gasteiger partial charge in [0.05, 0.1) is 19.3 Å². The first-order valence-corrected chi connectivity index (χ1v) is 13.6. The number of hydrogen-bond acceptors (Lipinski definition) is 4. The van der Waals surface area contributed by atoms with Crippen molar-refractivity contribution in [3.63, 3.8) is 0 Å². The minimum Gasteiger partial charge on any atom is -0.508 e. The van der Waals surface area contributed by atoms with Gasteiger partial charge < -0.3 is 19.7 Å². The maximum Gasteiger partial charge on any atom is 0.169 e. The van der Waals surface area contributed by atoms with Gasteiger partial charge in [-0.25, -0.2) is 0 Å². The molecular formula is C30H46O4. The van der Waals surface area contributed by atoms with E-state index in [1.54, 1.807) is 11.1 Å². The second-order valence-electron chi connectivity index (χ2n) is 12.2. The number of ether oxygens (including phenoxy) is 2. The molecule has 1 saturated heterocycles. The van der Waals surface area contributed by atoms with Crippen LogP contribution in [0.5, 0.6) is 5.75 Å². The monoisotopic (exact) mass is 470 g/mol. The Bertz CT molecular complexity index is 843. The molecule has 0 aromatic heterocycles. The van der Waals surface area contributed by atoms with Crippen LogP contribution in [0.4, 0.5) is 0 Å². The summed E-state index contributed by atoms with van der Waals surface area (Å²) in [7, 11) is 0. The minimum atomic E-state index is -0.403. The summed E-state index contributed by atoms with van der Waals surface area (Å²) in [6.07, 6.45) is 8.10. The summed E-state index contributed by atoms with van der Waals surface area (Å²) in [6.45, 7) is 12.6. The second-order valence-corrected chi connectivity index (χ2v) is 12.2. The van der Waals surface area contributed by atoms with Gasteiger partial charge in [0.15, 0.2) is 5.79 Å². The molecule has 2 fully saturated rings. The third kappa shape index (κ3) is 5.55. The average molecular weight is 471 g/mol. The summed E-state index contributed by atoms with van der Waals surface area (Å²) in [4.78, 5) is 0. The topological polar surface area (TPSA) is 58.9 Å². The zero-order valence-electron chi connectivity index (χ0n) is 22.0. The molecule has 5 atom stereocenters. The van der Waals surface area contributed by atoms with Gasteiger partial charge in [-0.05, 0) is 80.9 Å². The predicted octanol–water partition coefficient (Wildman–Crippen LogP) is 6.96. The Kier molecular flexibility index (Phi) is 7.81. The van der Waals surface area contributed by atoms with E-state index in [0.717, 1.165) is 51.7 Å². The summed E-state index contributed by atoms with van der Waals surface area (Å²) in [5.41, 5.74) is 4.70. The molecule has 34 heavy (non-hydrogen) atoms.